The fraction of sp³-hybridized carbons (Fsp3) is 0.375. The molecule has 0 aliphatic carbocycles. The number of aromatic nitrogens is 2. The average Bonchev–Trinajstić information content (AvgIpc) is 2.74. The molecule has 24 heavy (non-hydrogen) atoms. The summed E-state index contributed by atoms with van der Waals surface area (Å²) in [5.41, 5.74) is -0.226. The van der Waals surface area contributed by atoms with Crippen LogP contribution in [-0.4, -0.2) is 14.9 Å². The number of alkyl halides is 3. The Morgan fingerprint density at radius 1 is 1.25 bits per heavy atom. The van der Waals surface area contributed by atoms with E-state index in [9.17, 15) is 18.0 Å². The summed E-state index contributed by atoms with van der Waals surface area (Å²) in [4.78, 5) is 12.9. The van der Waals surface area contributed by atoms with Crippen LogP contribution < -0.4 is 0 Å². The number of thioether (sulfide) groups is 1. The Balaban J connectivity index is 2.38. The van der Waals surface area contributed by atoms with E-state index in [1.807, 2.05) is 20.8 Å². The second kappa shape index (κ2) is 6.55. The second-order valence-corrected chi connectivity index (χ2v) is 8.09. The van der Waals surface area contributed by atoms with Crippen molar-refractivity contribution in [2.24, 2.45) is 0 Å². The summed E-state index contributed by atoms with van der Waals surface area (Å²) in [6.07, 6.45) is -4.44. The number of hydrogen-bond acceptors (Lipinski definition) is 3. The minimum Gasteiger partial charge on any atom is -0.279 e. The number of hydrogen-bond donors (Lipinski definition) is 0. The summed E-state index contributed by atoms with van der Waals surface area (Å²) in [6.45, 7) is 7.46. The Bertz CT molecular complexity index is 779. The van der Waals surface area contributed by atoms with Gasteiger partial charge in [-0.15, -0.1) is 0 Å². The molecule has 0 bridgehead atoms. The number of carbonyl (C=O) groups is 1. The first-order chi connectivity index (χ1) is 10.9. The summed E-state index contributed by atoms with van der Waals surface area (Å²) < 4.78 is 40.6. The maximum Gasteiger partial charge on any atom is 0.416 e. The molecular weight excluding hydrogens is 405 g/mol. The molecule has 130 valence electrons. The van der Waals surface area contributed by atoms with Crippen LogP contribution in [0.25, 0.3) is 0 Å². The Labute approximate surface area is 150 Å². The number of halogens is 4. The number of rotatable bonds is 2. The number of nitrogens with zero attached hydrogens (tertiary/aromatic N) is 2. The summed E-state index contributed by atoms with van der Waals surface area (Å²) in [6, 6.07) is 4.73. The first-order valence-electron chi connectivity index (χ1n) is 7.06. The van der Waals surface area contributed by atoms with Crippen molar-refractivity contribution in [3.63, 3.8) is 0 Å². The van der Waals surface area contributed by atoms with Crippen molar-refractivity contribution in [3.8, 4) is 0 Å². The summed E-state index contributed by atoms with van der Waals surface area (Å²) in [7, 11) is 0. The zero-order chi connectivity index (χ0) is 18.3. The maximum absolute atomic E-state index is 12.8. The Hall–Kier alpha value is -1.28. The van der Waals surface area contributed by atoms with Crippen LogP contribution >= 0.6 is 27.7 Å². The van der Waals surface area contributed by atoms with Crippen molar-refractivity contribution in [2.45, 2.75) is 44.3 Å². The van der Waals surface area contributed by atoms with Gasteiger partial charge in [-0.05, 0) is 73.6 Å². The summed E-state index contributed by atoms with van der Waals surface area (Å²) in [5.74, 6) is 0. The Morgan fingerprint density at radius 2 is 1.88 bits per heavy atom. The lowest BCUT2D eigenvalue weighted by Gasteiger charge is -2.21. The molecule has 0 saturated carbocycles. The van der Waals surface area contributed by atoms with E-state index >= 15 is 0 Å². The molecule has 0 aliphatic rings. The van der Waals surface area contributed by atoms with Crippen molar-refractivity contribution in [1.82, 2.24) is 9.78 Å². The zero-order valence-corrected chi connectivity index (χ0v) is 15.9. The van der Waals surface area contributed by atoms with Gasteiger partial charge in [-0.2, -0.15) is 18.3 Å². The van der Waals surface area contributed by atoms with E-state index in [0.717, 1.165) is 23.9 Å². The highest BCUT2D eigenvalue weighted by Crippen LogP contribution is 2.35. The minimum absolute atomic E-state index is 0.237. The minimum atomic E-state index is -4.44. The van der Waals surface area contributed by atoms with E-state index in [4.69, 9.17) is 0 Å². The lowest BCUT2D eigenvalue weighted by molar-refractivity contribution is -0.137. The fourth-order valence-corrected chi connectivity index (χ4v) is 3.45. The molecule has 0 fully saturated rings. The summed E-state index contributed by atoms with van der Waals surface area (Å²) >= 11 is 4.11. The van der Waals surface area contributed by atoms with Crippen LogP contribution in [0.4, 0.5) is 13.2 Å². The average molecular weight is 421 g/mol. The van der Waals surface area contributed by atoms with Gasteiger partial charge in [0.15, 0.2) is 0 Å². The third-order valence-electron chi connectivity index (χ3n) is 3.19. The number of aryl methyl sites for hydroxylation is 1. The Morgan fingerprint density at radius 3 is 2.42 bits per heavy atom. The van der Waals surface area contributed by atoms with E-state index in [2.05, 4.69) is 21.0 Å². The van der Waals surface area contributed by atoms with Crippen LogP contribution in [0, 0.1) is 6.92 Å². The second-order valence-electron chi connectivity index (χ2n) is 6.25. The normalized spacial score (nSPS) is 12.5. The fourth-order valence-electron chi connectivity index (χ4n) is 2.06. The van der Waals surface area contributed by atoms with E-state index in [1.54, 1.807) is 11.6 Å². The molecule has 0 amide bonds. The van der Waals surface area contributed by atoms with Crippen LogP contribution in [0.2, 0.25) is 0 Å². The Kier molecular flexibility index (Phi) is 5.20. The van der Waals surface area contributed by atoms with Crippen LogP contribution in [0.5, 0.6) is 0 Å². The van der Waals surface area contributed by atoms with Gasteiger partial charge >= 0.3 is 6.18 Å². The van der Waals surface area contributed by atoms with Crippen molar-refractivity contribution < 1.29 is 18.0 Å². The molecule has 0 aliphatic heterocycles. The molecule has 1 aromatic carbocycles. The molecular formula is C16H16BrF3N2OS. The molecule has 0 radical (unpaired) electrons. The van der Waals surface area contributed by atoms with Crippen LogP contribution in [0.15, 0.2) is 33.6 Å². The van der Waals surface area contributed by atoms with Crippen LogP contribution in [-0.2, 0) is 11.7 Å². The first kappa shape index (κ1) is 19.1. The van der Waals surface area contributed by atoms with Crippen LogP contribution in [0.3, 0.4) is 0 Å². The van der Waals surface area contributed by atoms with Gasteiger partial charge in [-0.3, -0.25) is 9.48 Å². The van der Waals surface area contributed by atoms with Crippen LogP contribution in [0.1, 0.15) is 42.5 Å². The quantitative estimate of drug-likeness (QED) is 0.587. The third kappa shape index (κ3) is 4.03. The van der Waals surface area contributed by atoms with E-state index in [1.165, 1.54) is 12.1 Å². The molecule has 1 aromatic heterocycles. The van der Waals surface area contributed by atoms with Gasteiger partial charge in [-0.25, -0.2) is 0 Å². The lowest BCUT2D eigenvalue weighted by Crippen LogP contribution is -2.26. The smallest absolute Gasteiger partial charge is 0.279 e. The van der Waals surface area contributed by atoms with Gasteiger partial charge in [0.25, 0.3) is 0 Å². The third-order valence-corrected chi connectivity index (χ3v) is 5.01. The van der Waals surface area contributed by atoms with Gasteiger partial charge in [-0.1, -0.05) is 6.07 Å². The molecule has 2 rings (SSSR count). The number of carbonyl (C=O) groups excluding carboxylic acids is 1. The summed E-state index contributed by atoms with van der Waals surface area (Å²) in [5, 5.41) is 3.99. The zero-order valence-electron chi connectivity index (χ0n) is 13.5. The maximum atomic E-state index is 12.8. The predicted octanol–water partition coefficient (Wildman–Crippen LogP) is 5.66. The van der Waals surface area contributed by atoms with Crippen molar-refractivity contribution in [1.29, 1.82) is 0 Å². The standard InChI is InChI=1S/C16H16BrF3N2OS/c1-9-12(17)13(22(21-9)15(2,3)4)14(23)24-11-7-5-6-10(8-11)16(18,19)20/h5-8H,1-4H3. The molecule has 0 saturated heterocycles. The van der Waals surface area contributed by atoms with E-state index in [0.29, 0.717) is 15.9 Å². The lowest BCUT2D eigenvalue weighted by atomic mass is 10.1. The first-order valence-corrected chi connectivity index (χ1v) is 8.67. The molecule has 0 N–H and O–H groups in total. The SMILES string of the molecule is Cc1nn(C(C)(C)C)c(C(=O)Sc2cccc(C(F)(F)F)c2)c1Br. The molecule has 0 unspecified atom stereocenters. The van der Waals surface area contributed by atoms with Crippen molar-refractivity contribution >= 4 is 32.8 Å². The highest BCUT2D eigenvalue weighted by molar-refractivity contribution is 9.10. The largest absolute Gasteiger partial charge is 0.416 e. The molecule has 8 heteroatoms. The molecule has 1 heterocycles. The van der Waals surface area contributed by atoms with Gasteiger partial charge < -0.3 is 0 Å². The molecule has 3 nitrogen and oxygen atoms in total. The highest BCUT2D eigenvalue weighted by Gasteiger charge is 2.31. The van der Waals surface area contributed by atoms with Gasteiger partial charge in [0.1, 0.15) is 5.69 Å². The van der Waals surface area contributed by atoms with Gasteiger partial charge in [0, 0.05) is 4.90 Å². The highest BCUT2D eigenvalue weighted by atomic mass is 79.9. The number of benzene rings is 1. The van der Waals surface area contributed by atoms with Gasteiger partial charge in [0.05, 0.1) is 21.3 Å². The predicted molar refractivity (Wildman–Crippen MR) is 91.3 cm³/mol. The van der Waals surface area contributed by atoms with Gasteiger partial charge in [0.2, 0.25) is 5.12 Å². The topological polar surface area (TPSA) is 34.9 Å². The van der Waals surface area contributed by atoms with Crippen molar-refractivity contribution in [3.05, 3.63) is 45.7 Å². The monoisotopic (exact) mass is 420 g/mol. The molecule has 0 spiro atoms. The van der Waals surface area contributed by atoms with E-state index in [-0.39, 0.29) is 10.0 Å². The van der Waals surface area contributed by atoms with Crippen molar-refractivity contribution in [2.75, 3.05) is 0 Å². The van der Waals surface area contributed by atoms with E-state index < -0.39 is 17.3 Å². The molecule has 2 aromatic rings. The molecule has 0 atom stereocenters.